The molecule has 11 heteroatoms. The van der Waals surface area contributed by atoms with Crippen molar-refractivity contribution in [3.8, 4) is 0 Å². The van der Waals surface area contributed by atoms with Crippen LogP contribution in [0.2, 0.25) is 0 Å². The van der Waals surface area contributed by atoms with Gasteiger partial charge in [-0.05, 0) is 40.0 Å². The number of hydrogen-bond donors (Lipinski definition) is 3. The summed E-state index contributed by atoms with van der Waals surface area (Å²) in [6.07, 6.45) is 0.519. The summed E-state index contributed by atoms with van der Waals surface area (Å²) in [5.41, 5.74) is 0.660. The lowest BCUT2D eigenvalue weighted by Crippen LogP contribution is -2.58. The molecule has 0 aromatic carbocycles. The molecule has 0 spiro atoms. The molecular weight excluding hydrogens is 372 g/mol. The molecule has 2 heterocycles. The second-order valence-corrected chi connectivity index (χ2v) is 7.78. The first-order valence-corrected chi connectivity index (χ1v) is 9.10. The van der Waals surface area contributed by atoms with Crippen molar-refractivity contribution in [3.63, 3.8) is 0 Å². The molecule has 0 unspecified atom stereocenters. The van der Waals surface area contributed by atoms with E-state index in [0.717, 1.165) is 0 Å². The van der Waals surface area contributed by atoms with Crippen LogP contribution in [0.25, 0.3) is 0 Å². The molecule has 0 aromatic heterocycles. The second kappa shape index (κ2) is 8.55. The van der Waals surface area contributed by atoms with Gasteiger partial charge in [-0.25, -0.2) is 10.3 Å². The van der Waals surface area contributed by atoms with E-state index in [-0.39, 0.29) is 12.8 Å². The highest BCUT2D eigenvalue weighted by Gasteiger charge is 2.41. The summed E-state index contributed by atoms with van der Waals surface area (Å²) in [6.45, 7) is 4.92. The Balaban J connectivity index is 2.02. The number of likely N-dealkylation sites (tertiary alicyclic amines) is 2. The van der Waals surface area contributed by atoms with Gasteiger partial charge in [-0.2, -0.15) is 0 Å². The average Bonchev–Trinajstić information content (AvgIpc) is 3.09. The average molecular weight is 398 g/mol. The number of ether oxygens (including phenoxy) is 1. The Kier molecular flexibility index (Phi) is 6.60. The van der Waals surface area contributed by atoms with Crippen LogP contribution in [0.4, 0.5) is 4.79 Å². The maximum atomic E-state index is 12.7. The van der Waals surface area contributed by atoms with Gasteiger partial charge in [0.05, 0.1) is 0 Å². The first-order chi connectivity index (χ1) is 13.0. The molecule has 11 nitrogen and oxygen atoms in total. The molecule has 2 aliphatic rings. The van der Waals surface area contributed by atoms with Gasteiger partial charge in [-0.1, -0.05) is 0 Å². The number of carbonyl (C=O) groups excluding carboxylic acids is 5. The standard InChI is InChI=1S/C17H26N4O7/c1-17(2,3)28-16(26)20-8-4-5-11(20)14(24)18-10-6-7-13(23)21(15(10)25)9-12(22)19-27/h10-11,27H,4-9H2,1-3H3,(H,18,24)(H,19,22)/t10-,11-/m0/s1. The number of carbonyl (C=O) groups is 5. The molecule has 0 aromatic rings. The molecular formula is C17H26N4O7. The number of amides is 5. The van der Waals surface area contributed by atoms with Gasteiger partial charge in [0.2, 0.25) is 11.8 Å². The topological polar surface area (TPSA) is 145 Å². The molecule has 0 bridgehead atoms. The second-order valence-electron chi connectivity index (χ2n) is 7.78. The number of piperidine rings is 1. The van der Waals surface area contributed by atoms with Crippen molar-refractivity contribution in [3.05, 3.63) is 0 Å². The lowest BCUT2D eigenvalue weighted by Gasteiger charge is -2.32. The van der Waals surface area contributed by atoms with Crippen molar-refractivity contribution >= 4 is 29.7 Å². The normalized spacial score (nSPS) is 22.9. The minimum absolute atomic E-state index is 0.0319. The van der Waals surface area contributed by atoms with E-state index in [0.29, 0.717) is 24.3 Å². The maximum Gasteiger partial charge on any atom is 0.410 e. The van der Waals surface area contributed by atoms with Gasteiger partial charge in [-0.15, -0.1) is 0 Å². The van der Waals surface area contributed by atoms with Gasteiger partial charge in [0.1, 0.15) is 24.2 Å². The van der Waals surface area contributed by atoms with E-state index in [1.54, 1.807) is 20.8 Å². The van der Waals surface area contributed by atoms with Crippen molar-refractivity contribution in [2.75, 3.05) is 13.1 Å². The third-order valence-electron chi connectivity index (χ3n) is 4.44. The van der Waals surface area contributed by atoms with Crippen LogP contribution < -0.4 is 10.8 Å². The third-order valence-corrected chi connectivity index (χ3v) is 4.44. The fraction of sp³-hybridized carbons (Fsp3) is 0.706. The summed E-state index contributed by atoms with van der Waals surface area (Å²) >= 11 is 0. The summed E-state index contributed by atoms with van der Waals surface area (Å²) in [4.78, 5) is 62.6. The summed E-state index contributed by atoms with van der Waals surface area (Å²) in [5.74, 6) is -2.71. The van der Waals surface area contributed by atoms with Gasteiger partial charge in [-0.3, -0.25) is 34.2 Å². The molecule has 2 atom stereocenters. The number of hydroxylamine groups is 1. The molecule has 2 aliphatic heterocycles. The van der Waals surface area contributed by atoms with Crippen LogP contribution in [0.3, 0.4) is 0 Å². The van der Waals surface area contributed by atoms with E-state index in [2.05, 4.69) is 5.32 Å². The van der Waals surface area contributed by atoms with Gasteiger partial charge in [0.25, 0.3) is 11.8 Å². The molecule has 5 amide bonds. The number of nitrogens with one attached hydrogen (secondary N) is 2. The predicted octanol–water partition coefficient (Wildman–Crippen LogP) is -0.475. The van der Waals surface area contributed by atoms with Crippen molar-refractivity contribution in [2.24, 2.45) is 0 Å². The highest BCUT2D eigenvalue weighted by Crippen LogP contribution is 2.22. The Labute approximate surface area is 162 Å². The van der Waals surface area contributed by atoms with E-state index < -0.39 is 54.0 Å². The Morgan fingerprint density at radius 1 is 1.21 bits per heavy atom. The van der Waals surface area contributed by atoms with E-state index in [1.807, 2.05) is 0 Å². The van der Waals surface area contributed by atoms with E-state index in [1.165, 1.54) is 10.4 Å². The van der Waals surface area contributed by atoms with E-state index in [9.17, 15) is 24.0 Å². The highest BCUT2D eigenvalue weighted by molar-refractivity contribution is 6.04. The zero-order valence-corrected chi connectivity index (χ0v) is 16.2. The molecule has 2 saturated heterocycles. The van der Waals surface area contributed by atoms with Crippen molar-refractivity contribution < 1.29 is 33.9 Å². The summed E-state index contributed by atoms with van der Waals surface area (Å²) in [6, 6.07) is -1.76. The fourth-order valence-electron chi connectivity index (χ4n) is 3.16. The zero-order chi connectivity index (χ0) is 21.1. The Morgan fingerprint density at radius 2 is 1.89 bits per heavy atom. The number of rotatable bonds is 4. The minimum atomic E-state index is -0.988. The first kappa shape index (κ1) is 21.6. The van der Waals surface area contributed by atoms with Crippen molar-refractivity contribution in [2.45, 2.75) is 64.1 Å². The van der Waals surface area contributed by atoms with E-state index in [4.69, 9.17) is 9.94 Å². The minimum Gasteiger partial charge on any atom is -0.444 e. The van der Waals surface area contributed by atoms with Crippen LogP contribution in [0.1, 0.15) is 46.5 Å². The van der Waals surface area contributed by atoms with Gasteiger partial charge in [0, 0.05) is 13.0 Å². The van der Waals surface area contributed by atoms with Gasteiger partial charge < -0.3 is 10.1 Å². The molecule has 0 aliphatic carbocycles. The van der Waals surface area contributed by atoms with Gasteiger partial charge >= 0.3 is 6.09 Å². The fourth-order valence-corrected chi connectivity index (χ4v) is 3.16. The SMILES string of the molecule is CC(C)(C)OC(=O)N1CCC[C@H]1C(=O)N[C@H]1CCC(=O)N(CC(=O)NO)C1=O. The van der Waals surface area contributed by atoms with Crippen LogP contribution in [-0.2, 0) is 23.9 Å². The van der Waals surface area contributed by atoms with Crippen molar-refractivity contribution in [1.82, 2.24) is 20.6 Å². The van der Waals surface area contributed by atoms with E-state index >= 15 is 0 Å². The summed E-state index contributed by atoms with van der Waals surface area (Å²) < 4.78 is 5.32. The maximum absolute atomic E-state index is 12.7. The monoisotopic (exact) mass is 398 g/mol. The van der Waals surface area contributed by atoms with Crippen LogP contribution in [0.15, 0.2) is 0 Å². The largest absolute Gasteiger partial charge is 0.444 e. The lowest BCUT2D eigenvalue weighted by molar-refractivity contribution is -0.154. The molecule has 28 heavy (non-hydrogen) atoms. The van der Waals surface area contributed by atoms with Gasteiger partial charge in [0.15, 0.2) is 0 Å². The molecule has 156 valence electrons. The third kappa shape index (κ3) is 5.18. The molecule has 2 rings (SSSR count). The van der Waals surface area contributed by atoms with Crippen molar-refractivity contribution in [1.29, 1.82) is 0 Å². The summed E-state index contributed by atoms with van der Waals surface area (Å²) in [5, 5.41) is 11.2. The lowest BCUT2D eigenvalue weighted by atomic mass is 10.0. The number of hydrogen-bond acceptors (Lipinski definition) is 7. The summed E-state index contributed by atoms with van der Waals surface area (Å²) in [7, 11) is 0. The highest BCUT2D eigenvalue weighted by atomic mass is 16.6. The number of imide groups is 1. The smallest absolute Gasteiger partial charge is 0.410 e. The quantitative estimate of drug-likeness (QED) is 0.329. The van der Waals surface area contributed by atoms with Crippen LogP contribution in [0, 0.1) is 0 Å². The van der Waals surface area contributed by atoms with Crippen LogP contribution >= 0.6 is 0 Å². The Hall–Kier alpha value is -2.69. The molecule has 2 fully saturated rings. The predicted molar refractivity (Wildman–Crippen MR) is 93.8 cm³/mol. The first-order valence-electron chi connectivity index (χ1n) is 9.10. The molecule has 0 saturated carbocycles. The van der Waals surface area contributed by atoms with Crippen LogP contribution in [-0.4, -0.2) is 75.5 Å². The zero-order valence-electron chi connectivity index (χ0n) is 16.2. The molecule has 3 N–H and O–H groups in total. The number of nitrogens with zero attached hydrogens (tertiary/aromatic N) is 2. The molecule has 0 radical (unpaired) electrons. The Bertz CT molecular complexity index is 673. The Morgan fingerprint density at radius 3 is 2.50 bits per heavy atom. The van der Waals surface area contributed by atoms with Crippen LogP contribution in [0.5, 0.6) is 0 Å².